The fraction of sp³-hybridized carbons (Fsp3) is 0.300. The highest BCUT2D eigenvalue weighted by molar-refractivity contribution is 6.32. The molecule has 7 heteroatoms. The predicted octanol–water partition coefficient (Wildman–Crippen LogP) is 3.34. The number of aryl methyl sites for hydroxylation is 1. The summed E-state index contributed by atoms with van der Waals surface area (Å²) in [6.07, 6.45) is 2.87. The minimum atomic E-state index is -1.35. The van der Waals surface area contributed by atoms with E-state index in [0.717, 1.165) is 0 Å². The molecule has 27 heavy (non-hydrogen) atoms. The summed E-state index contributed by atoms with van der Waals surface area (Å²) in [6.45, 7) is 6.96. The minimum absolute atomic E-state index is 0.0724. The third kappa shape index (κ3) is 4.52. The van der Waals surface area contributed by atoms with Crippen molar-refractivity contribution >= 4 is 29.4 Å². The van der Waals surface area contributed by atoms with E-state index in [1.54, 1.807) is 32.1 Å². The largest absolute Gasteiger partial charge is 0.543 e. The van der Waals surface area contributed by atoms with Gasteiger partial charge in [-0.25, -0.2) is 0 Å². The van der Waals surface area contributed by atoms with Crippen LogP contribution in [-0.4, -0.2) is 30.0 Å². The molecule has 6 nitrogen and oxygen atoms in total. The van der Waals surface area contributed by atoms with Gasteiger partial charge >= 0.3 is 0 Å². The van der Waals surface area contributed by atoms with Crippen LogP contribution in [0.2, 0.25) is 5.02 Å². The number of allylic oxidation sites excluding steroid dienone is 1. The molecule has 0 fully saturated rings. The molecule has 0 amide bonds. The van der Waals surface area contributed by atoms with E-state index in [4.69, 9.17) is 21.1 Å². The number of benzene rings is 1. The van der Waals surface area contributed by atoms with Gasteiger partial charge in [-0.3, -0.25) is 4.79 Å². The average Bonchev–Trinajstić information content (AvgIpc) is 2.89. The van der Waals surface area contributed by atoms with Gasteiger partial charge in [0.15, 0.2) is 17.3 Å². The predicted molar refractivity (Wildman–Crippen MR) is 102 cm³/mol. The Balaban J connectivity index is 2.34. The smallest absolute Gasteiger partial charge is 0.187 e. The van der Waals surface area contributed by atoms with E-state index in [2.05, 4.69) is 4.98 Å². The molecule has 2 aromatic rings. The van der Waals surface area contributed by atoms with Crippen LogP contribution in [0, 0.1) is 13.8 Å². The lowest BCUT2D eigenvalue weighted by atomic mass is 10.0. The lowest BCUT2D eigenvalue weighted by molar-refractivity contribution is -0.255. The maximum Gasteiger partial charge on any atom is 0.187 e. The number of carboxylic acids is 1. The highest BCUT2D eigenvalue weighted by Crippen LogP contribution is 2.37. The quantitative estimate of drug-likeness (QED) is 0.578. The number of aromatic nitrogens is 1. The zero-order chi connectivity index (χ0) is 20.3. The van der Waals surface area contributed by atoms with Crippen molar-refractivity contribution in [3.8, 4) is 11.5 Å². The Morgan fingerprint density at radius 2 is 1.93 bits per heavy atom. The number of rotatable bonds is 7. The normalized spacial score (nSPS) is 11.2. The van der Waals surface area contributed by atoms with E-state index in [-0.39, 0.29) is 17.6 Å². The summed E-state index contributed by atoms with van der Waals surface area (Å²) in [5.41, 5.74) is 1.68. The van der Waals surface area contributed by atoms with Crippen LogP contribution in [0.1, 0.15) is 51.5 Å². The Hall–Kier alpha value is -2.73. The molecule has 144 valence electrons. The standard InChI is InChI=1S/C20H22ClNO5/c1-10(2)27-19-14(21)8-13(9-16(19)26-5)6-7-15(23)17-11(3)18(20(24)25)22-12(17)4/h6-10,22H,1-5H3,(H,24,25)/p-1/b7-6+. The fourth-order valence-corrected chi connectivity index (χ4v) is 3.03. The van der Waals surface area contributed by atoms with E-state index in [9.17, 15) is 14.7 Å². The van der Waals surface area contributed by atoms with Crippen molar-refractivity contribution < 1.29 is 24.2 Å². The monoisotopic (exact) mass is 390 g/mol. The number of carbonyl (C=O) groups is 2. The number of nitrogens with one attached hydrogen (secondary N) is 1. The molecular formula is C20H21ClNO5-. The molecule has 1 aromatic carbocycles. The van der Waals surface area contributed by atoms with Crippen LogP contribution in [0.15, 0.2) is 18.2 Å². The van der Waals surface area contributed by atoms with Crippen molar-refractivity contribution in [1.29, 1.82) is 0 Å². The van der Waals surface area contributed by atoms with Gasteiger partial charge in [0.1, 0.15) is 0 Å². The zero-order valence-corrected chi connectivity index (χ0v) is 16.6. The third-order valence-electron chi connectivity index (χ3n) is 3.92. The van der Waals surface area contributed by atoms with Crippen LogP contribution in [-0.2, 0) is 0 Å². The number of hydrogen-bond donors (Lipinski definition) is 1. The van der Waals surface area contributed by atoms with Gasteiger partial charge in [-0.05, 0) is 57.0 Å². The number of H-pyrrole nitrogens is 1. The summed E-state index contributed by atoms with van der Waals surface area (Å²) in [6, 6.07) is 3.37. The molecule has 0 aliphatic carbocycles. The highest BCUT2D eigenvalue weighted by Gasteiger charge is 2.17. The van der Waals surface area contributed by atoms with Crippen molar-refractivity contribution in [2.45, 2.75) is 33.8 Å². The summed E-state index contributed by atoms with van der Waals surface area (Å²) >= 11 is 6.28. The summed E-state index contributed by atoms with van der Waals surface area (Å²) in [4.78, 5) is 26.3. The first-order chi connectivity index (χ1) is 12.6. The minimum Gasteiger partial charge on any atom is -0.543 e. The first-order valence-electron chi connectivity index (χ1n) is 8.32. The van der Waals surface area contributed by atoms with Crippen LogP contribution in [0.3, 0.4) is 0 Å². The second-order valence-corrected chi connectivity index (χ2v) is 6.72. The van der Waals surface area contributed by atoms with Crippen molar-refractivity contribution in [3.05, 3.63) is 51.3 Å². The maximum absolute atomic E-state index is 12.5. The molecule has 1 N–H and O–H groups in total. The zero-order valence-electron chi connectivity index (χ0n) is 15.8. The fourth-order valence-electron chi connectivity index (χ4n) is 2.77. The lowest BCUT2D eigenvalue weighted by Gasteiger charge is -2.15. The summed E-state index contributed by atoms with van der Waals surface area (Å²) in [5.74, 6) is -0.785. The molecule has 0 aliphatic rings. The van der Waals surface area contributed by atoms with Gasteiger partial charge in [-0.15, -0.1) is 0 Å². The van der Waals surface area contributed by atoms with E-state index >= 15 is 0 Å². The number of carboxylic acid groups (broad SMARTS) is 1. The second kappa shape index (κ2) is 8.31. The molecule has 0 spiro atoms. The molecule has 0 saturated carbocycles. The number of hydrogen-bond acceptors (Lipinski definition) is 5. The Kier molecular flexibility index (Phi) is 6.33. The van der Waals surface area contributed by atoms with Gasteiger partial charge in [0.2, 0.25) is 0 Å². The molecule has 0 aliphatic heterocycles. The van der Waals surface area contributed by atoms with Crippen molar-refractivity contribution in [1.82, 2.24) is 4.98 Å². The molecule has 0 unspecified atom stereocenters. The van der Waals surface area contributed by atoms with E-state index in [1.165, 1.54) is 13.2 Å². The Morgan fingerprint density at radius 1 is 1.26 bits per heavy atom. The number of aromatic amines is 1. The van der Waals surface area contributed by atoms with Crippen LogP contribution >= 0.6 is 11.6 Å². The summed E-state index contributed by atoms with van der Waals surface area (Å²) < 4.78 is 11.0. The Morgan fingerprint density at radius 3 is 2.44 bits per heavy atom. The average molecular weight is 391 g/mol. The number of ketones is 1. The van der Waals surface area contributed by atoms with Gasteiger partial charge < -0.3 is 24.4 Å². The molecule has 1 aromatic heterocycles. The Bertz CT molecular complexity index is 912. The third-order valence-corrected chi connectivity index (χ3v) is 4.20. The molecule has 0 atom stereocenters. The highest BCUT2D eigenvalue weighted by atomic mass is 35.5. The van der Waals surface area contributed by atoms with E-state index in [1.807, 2.05) is 13.8 Å². The lowest BCUT2D eigenvalue weighted by Crippen LogP contribution is -2.23. The number of carbonyl (C=O) groups excluding carboxylic acids is 2. The topological polar surface area (TPSA) is 91.5 Å². The van der Waals surface area contributed by atoms with Crippen LogP contribution in [0.4, 0.5) is 0 Å². The second-order valence-electron chi connectivity index (χ2n) is 6.31. The van der Waals surface area contributed by atoms with Crippen LogP contribution in [0.25, 0.3) is 6.08 Å². The van der Waals surface area contributed by atoms with Crippen LogP contribution < -0.4 is 14.6 Å². The molecule has 2 rings (SSSR count). The van der Waals surface area contributed by atoms with Gasteiger partial charge in [0.25, 0.3) is 0 Å². The van der Waals surface area contributed by atoms with Crippen molar-refractivity contribution in [2.24, 2.45) is 0 Å². The maximum atomic E-state index is 12.5. The van der Waals surface area contributed by atoms with E-state index in [0.29, 0.717) is 38.9 Å². The molecule has 0 bridgehead atoms. The van der Waals surface area contributed by atoms with Crippen molar-refractivity contribution in [3.63, 3.8) is 0 Å². The number of methoxy groups -OCH3 is 1. The van der Waals surface area contributed by atoms with Crippen LogP contribution in [0.5, 0.6) is 11.5 Å². The summed E-state index contributed by atoms with van der Waals surface area (Å²) in [5, 5.41) is 11.5. The number of aromatic carboxylic acids is 1. The molecule has 0 radical (unpaired) electrons. The first kappa shape index (κ1) is 20.6. The summed E-state index contributed by atoms with van der Waals surface area (Å²) in [7, 11) is 1.51. The molecule has 1 heterocycles. The van der Waals surface area contributed by atoms with E-state index < -0.39 is 5.97 Å². The van der Waals surface area contributed by atoms with Gasteiger partial charge in [0.05, 0.1) is 29.9 Å². The number of halogens is 1. The van der Waals surface area contributed by atoms with Crippen molar-refractivity contribution in [2.75, 3.05) is 7.11 Å². The molecular weight excluding hydrogens is 370 g/mol. The first-order valence-corrected chi connectivity index (χ1v) is 8.70. The van der Waals surface area contributed by atoms with Gasteiger partial charge in [-0.1, -0.05) is 17.7 Å². The number of ether oxygens (including phenoxy) is 2. The SMILES string of the molecule is COc1cc(/C=C/C(=O)c2c(C)[nH]c(C(=O)[O-])c2C)cc(Cl)c1OC(C)C. The van der Waals surface area contributed by atoms with Gasteiger partial charge in [0, 0.05) is 11.3 Å². The van der Waals surface area contributed by atoms with Gasteiger partial charge in [-0.2, -0.15) is 0 Å². The Labute approximate surface area is 162 Å². The molecule has 0 saturated heterocycles.